The zero-order chi connectivity index (χ0) is 16.4. The smallest absolute Gasteiger partial charge is 0.509 e. The van der Waals surface area contributed by atoms with Gasteiger partial charge in [-0.15, -0.1) is 0 Å². The summed E-state index contributed by atoms with van der Waals surface area (Å²) in [5.41, 5.74) is 2.00. The van der Waals surface area contributed by atoms with Gasteiger partial charge in [-0.05, 0) is 27.2 Å². The van der Waals surface area contributed by atoms with E-state index in [9.17, 15) is 10.0 Å². The second-order valence-electron chi connectivity index (χ2n) is 6.08. The highest BCUT2D eigenvalue weighted by atomic mass is 16.7. The summed E-state index contributed by atoms with van der Waals surface area (Å²) in [5, 5.41) is 12.2. The van der Waals surface area contributed by atoms with Gasteiger partial charge in [-0.2, -0.15) is 0 Å². The SMILES string of the molecule is C=CC1=C(C)[NH+]([O-])C(C)=C(CC)C1OC(=O)OC(C)(C)C. The number of allylic oxidation sites excluding steroid dienone is 2. The molecule has 5 heteroatoms. The lowest BCUT2D eigenvalue weighted by Gasteiger charge is -2.35. The van der Waals surface area contributed by atoms with Crippen LogP contribution in [-0.2, 0) is 9.47 Å². The first-order valence-electron chi connectivity index (χ1n) is 7.09. The fourth-order valence-corrected chi connectivity index (χ4v) is 2.35. The largest absolute Gasteiger partial charge is 0.624 e. The molecule has 118 valence electrons. The van der Waals surface area contributed by atoms with Crippen LogP contribution in [0.5, 0.6) is 0 Å². The maximum Gasteiger partial charge on any atom is 0.509 e. The monoisotopic (exact) mass is 295 g/mol. The summed E-state index contributed by atoms with van der Waals surface area (Å²) < 4.78 is 10.7. The first-order valence-corrected chi connectivity index (χ1v) is 7.09. The molecule has 1 aliphatic rings. The maximum atomic E-state index is 12.2. The summed E-state index contributed by atoms with van der Waals surface area (Å²) in [7, 11) is 0. The number of quaternary nitrogens is 1. The van der Waals surface area contributed by atoms with Gasteiger partial charge >= 0.3 is 6.16 Å². The van der Waals surface area contributed by atoms with Crippen LogP contribution in [0.4, 0.5) is 4.79 Å². The summed E-state index contributed by atoms with van der Waals surface area (Å²) in [4.78, 5) is 11.9. The van der Waals surface area contributed by atoms with Gasteiger partial charge in [0.1, 0.15) is 17.0 Å². The number of hydrogen-bond donors (Lipinski definition) is 1. The minimum absolute atomic E-state index is 0.0224. The minimum atomic E-state index is -0.743. The van der Waals surface area contributed by atoms with Gasteiger partial charge in [0, 0.05) is 19.4 Å². The number of carbonyl (C=O) groups excluding carboxylic acids is 1. The lowest BCUT2D eigenvalue weighted by molar-refractivity contribution is -0.765. The molecular formula is C16H25NO4. The van der Waals surface area contributed by atoms with Crippen LogP contribution in [-0.4, -0.2) is 17.9 Å². The van der Waals surface area contributed by atoms with Gasteiger partial charge in [0.2, 0.25) is 0 Å². The molecule has 0 radical (unpaired) electrons. The van der Waals surface area contributed by atoms with Crippen molar-refractivity contribution >= 4 is 6.16 Å². The number of hydroxylamine groups is 2. The van der Waals surface area contributed by atoms with Gasteiger partial charge in [-0.3, -0.25) is 0 Å². The van der Waals surface area contributed by atoms with Crippen molar-refractivity contribution in [2.45, 2.75) is 59.7 Å². The van der Waals surface area contributed by atoms with Gasteiger partial charge in [-0.25, -0.2) is 4.79 Å². The number of rotatable bonds is 3. The first kappa shape index (κ1) is 17.5. The predicted molar refractivity (Wildman–Crippen MR) is 81.3 cm³/mol. The Kier molecular flexibility index (Phi) is 5.36. The summed E-state index contributed by atoms with van der Waals surface area (Å²) >= 11 is 0. The van der Waals surface area contributed by atoms with Crippen molar-refractivity contribution in [3.8, 4) is 0 Å². The second-order valence-corrected chi connectivity index (χ2v) is 6.08. The van der Waals surface area contributed by atoms with Crippen molar-refractivity contribution in [3.63, 3.8) is 0 Å². The van der Waals surface area contributed by atoms with Gasteiger partial charge in [0.05, 0.1) is 5.57 Å². The van der Waals surface area contributed by atoms with E-state index in [4.69, 9.17) is 9.47 Å². The Hall–Kier alpha value is -1.59. The number of carbonyl (C=O) groups is 1. The predicted octanol–water partition coefficient (Wildman–Crippen LogP) is 2.85. The molecule has 1 N–H and O–H groups in total. The number of ether oxygens (including phenoxy) is 2. The van der Waals surface area contributed by atoms with E-state index in [2.05, 4.69) is 6.58 Å². The molecule has 0 spiro atoms. The second kappa shape index (κ2) is 6.45. The van der Waals surface area contributed by atoms with E-state index in [0.29, 0.717) is 23.4 Å². The molecule has 0 aliphatic carbocycles. The lowest BCUT2D eigenvalue weighted by atomic mass is 9.92. The van der Waals surface area contributed by atoms with E-state index >= 15 is 0 Å². The molecule has 2 unspecified atom stereocenters. The van der Waals surface area contributed by atoms with E-state index in [1.807, 2.05) is 6.92 Å². The molecule has 0 saturated carbocycles. The highest BCUT2D eigenvalue weighted by molar-refractivity contribution is 5.62. The van der Waals surface area contributed by atoms with Gasteiger partial charge in [0.25, 0.3) is 0 Å². The molecule has 1 aliphatic heterocycles. The van der Waals surface area contributed by atoms with Crippen LogP contribution in [0.2, 0.25) is 0 Å². The molecule has 1 heterocycles. The Morgan fingerprint density at radius 2 is 1.95 bits per heavy atom. The van der Waals surface area contributed by atoms with Crippen molar-refractivity contribution in [2.75, 3.05) is 0 Å². The van der Waals surface area contributed by atoms with Gasteiger partial charge < -0.3 is 19.7 Å². The third kappa shape index (κ3) is 3.95. The van der Waals surface area contributed by atoms with E-state index in [-0.39, 0.29) is 5.06 Å². The molecule has 0 aromatic heterocycles. The third-order valence-electron chi connectivity index (χ3n) is 3.40. The van der Waals surface area contributed by atoms with Crippen molar-refractivity contribution < 1.29 is 19.3 Å². The number of nitrogens with one attached hydrogen (secondary N) is 1. The average Bonchev–Trinajstić information content (AvgIpc) is 2.35. The first-order chi connectivity index (χ1) is 9.62. The van der Waals surface area contributed by atoms with Crippen LogP contribution < -0.4 is 5.06 Å². The van der Waals surface area contributed by atoms with Crippen molar-refractivity contribution in [1.82, 2.24) is 0 Å². The Labute approximate surface area is 126 Å². The van der Waals surface area contributed by atoms with Crippen molar-refractivity contribution in [1.29, 1.82) is 0 Å². The molecule has 0 saturated heterocycles. The standard InChI is InChI=1S/C16H25NO4/c1-8-12-10(3)17(19)11(4)13(9-2)14(12)20-15(18)21-16(5,6)7/h8,14,17H,1,9H2,2-7H3. The average molecular weight is 295 g/mol. The van der Waals surface area contributed by atoms with E-state index < -0.39 is 17.9 Å². The van der Waals surface area contributed by atoms with Crippen LogP contribution in [0.1, 0.15) is 48.0 Å². The van der Waals surface area contributed by atoms with Crippen LogP contribution in [0.25, 0.3) is 0 Å². The molecule has 5 nitrogen and oxygen atoms in total. The molecule has 0 fully saturated rings. The summed E-state index contributed by atoms with van der Waals surface area (Å²) in [5.74, 6) is 0. The van der Waals surface area contributed by atoms with Crippen molar-refractivity contribution in [3.05, 3.63) is 40.4 Å². The normalized spacial score (nSPS) is 23.2. The van der Waals surface area contributed by atoms with Crippen molar-refractivity contribution in [2.24, 2.45) is 0 Å². The summed E-state index contributed by atoms with van der Waals surface area (Å²) in [6.45, 7) is 14.5. The Morgan fingerprint density at radius 3 is 2.38 bits per heavy atom. The lowest BCUT2D eigenvalue weighted by Crippen LogP contribution is -3.04. The fraction of sp³-hybridized carbons (Fsp3) is 0.562. The maximum absolute atomic E-state index is 12.2. The number of hydrogen-bond acceptors (Lipinski definition) is 4. The Balaban J connectivity index is 3.11. The molecule has 21 heavy (non-hydrogen) atoms. The molecule has 1 rings (SSSR count). The zero-order valence-electron chi connectivity index (χ0n) is 13.7. The summed E-state index contributed by atoms with van der Waals surface area (Å²) in [6.07, 6.45) is 0.854. The van der Waals surface area contributed by atoms with Crippen LogP contribution in [0.3, 0.4) is 0 Å². The molecule has 0 bridgehead atoms. The molecule has 2 atom stereocenters. The van der Waals surface area contributed by atoms with Crippen LogP contribution >= 0.6 is 0 Å². The third-order valence-corrected chi connectivity index (χ3v) is 3.40. The van der Waals surface area contributed by atoms with E-state index in [1.54, 1.807) is 40.7 Å². The molecule has 0 aromatic rings. The summed E-state index contributed by atoms with van der Waals surface area (Å²) in [6, 6.07) is 0. The Morgan fingerprint density at radius 1 is 1.38 bits per heavy atom. The topological polar surface area (TPSA) is 63.0 Å². The Bertz CT molecular complexity index is 497. The molecule has 0 amide bonds. The zero-order valence-corrected chi connectivity index (χ0v) is 13.7. The van der Waals surface area contributed by atoms with Crippen LogP contribution in [0, 0.1) is 5.21 Å². The van der Waals surface area contributed by atoms with Gasteiger partial charge in [-0.1, -0.05) is 19.6 Å². The highest BCUT2D eigenvalue weighted by Crippen LogP contribution is 2.27. The van der Waals surface area contributed by atoms with E-state index in [1.165, 1.54) is 0 Å². The highest BCUT2D eigenvalue weighted by Gasteiger charge is 2.34. The quantitative estimate of drug-likeness (QED) is 0.642. The molecular weight excluding hydrogens is 270 g/mol. The van der Waals surface area contributed by atoms with Gasteiger partial charge in [0.15, 0.2) is 6.10 Å². The van der Waals surface area contributed by atoms with Crippen LogP contribution in [0.15, 0.2) is 35.2 Å². The van der Waals surface area contributed by atoms with E-state index in [0.717, 1.165) is 5.57 Å². The fourth-order valence-electron chi connectivity index (χ4n) is 2.35. The minimum Gasteiger partial charge on any atom is -0.624 e. The molecule has 0 aromatic carbocycles.